The molecule has 2 aromatic carbocycles. The molecule has 8 nitrogen and oxygen atoms in total. The van der Waals surface area contributed by atoms with E-state index in [1.54, 1.807) is 63.2 Å². The van der Waals surface area contributed by atoms with Crippen LogP contribution in [0.2, 0.25) is 0 Å². The van der Waals surface area contributed by atoms with Crippen molar-refractivity contribution in [3.63, 3.8) is 0 Å². The van der Waals surface area contributed by atoms with E-state index in [1.165, 1.54) is 4.90 Å². The van der Waals surface area contributed by atoms with Gasteiger partial charge in [-0.15, -0.1) is 0 Å². The number of hydrogen-bond donors (Lipinski definition) is 1. The second-order valence-electron chi connectivity index (χ2n) is 8.97. The molecule has 178 valence electrons. The fourth-order valence-corrected chi connectivity index (χ4v) is 3.04. The van der Waals surface area contributed by atoms with Gasteiger partial charge in [0, 0.05) is 18.7 Å². The first-order chi connectivity index (χ1) is 15.5. The van der Waals surface area contributed by atoms with E-state index in [4.69, 9.17) is 15.2 Å². The third kappa shape index (κ3) is 8.57. The molecule has 8 heteroatoms. The quantitative estimate of drug-likeness (QED) is 0.553. The van der Waals surface area contributed by atoms with Gasteiger partial charge in [-0.1, -0.05) is 24.3 Å². The van der Waals surface area contributed by atoms with Crippen molar-refractivity contribution in [2.75, 3.05) is 33.7 Å². The Balaban J connectivity index is 2.16. The van der Waals surface area contributed by atoms with Gasteiger partial charge in [0.2, 0.25) is 0 Å². The first-order valence-electron chi connectivity index (χ1n) is 10.7. The Morgan fingerprint density at radius 1 is 0.970 bits per heavy atom. The normalized spacial score (nSPS) is 11.2. The van der Waals surface area contributed by atoms with Crippen LogP contribution in [0, 0.1) is 0 Å². The summed E-state index contributed by atoms with van der Waals surface area (Å²) in [4.78, 5) is 40.6. The molecule has 2 N–H and O–H groups in total. The molecule has 0 aliphatic carbocycles. The highest BCUT2D eigenvalue weighted by atomic mass is 16.6. The van der Waals surface area contributed by atoms with Gasteiger partial charge in [-0.25, -0.2) is 0 Å². The maximum absolute atomic E-state index is 13.2. The first-order valence-corrected chi connectivity index (χ1v) is 10.7. The highest BCUT2D eigenvalue weighted by Crippen LogP contribution is 2.19. The summed E-state index contributed by atoms with van der Waals surface area (Å²) in [5.74, 6) is -0.938. The van der Waals surface area contributed by atoms with Gasteiger partial charge < -0.3 is 25.0 Å². The zero-order valence-corrected chi connectivity index (χ0v) is 20.0. The Morgan fingerprint density at radius 3 is 2.30 bits per heavy atom. The van der Waals surface area contributed by atoms with Crippen molar-refractivity contribution in [3.8, 4) is 5.75 Å². The number of likely N-dealkylation sites (N-methyl/N-ethyl adjacent to an activating group) is 1. The number of primary amides is 1. The van der Waals surface area contributed by atoms with Crippen LogP contribution in [0.5, 0.6) is 5.75 Å². The molecule has 0 saturated carbocycles. The predicted octanol–water partition coefficient (Wildman–Crippen LogP) is 2.71. The van der Waals surface area contributed by atoms with Crippen molar-refractivity contribution >= 4 is 17.8 Å². The van der Waals surface area contributed by atoms with Gasteiger partial charge in [0.05, 0.1) is 5.56 Å². The Hall–Kier alpha value is -3.39. The number of benzene rings is 2. The zero-order chi connectivity index (χ0) is 24.6. The summed E-state index contributed by atoms with van der Waals surface area (Å²) in [6, 6.07) is 13.7. The van der Waals surface area contributed by atoms with Crippen molar-refractivity contribution in [1.29, 1.82) is 0 Å². The molecule has 0 atom stereocenters. The van der Waals surface area contributed by atoms with Crippen molar-refractivity contribution in [1.82, 2.24) is 9.80 Å². The predicted molar refractivity (Wildman–Crippen MR) is 126 cm³/mol. The summed E-state index contributed by atoms with van der Waals surface area (Å²) in [6.07, 6.45) is 0. The third-order valence-corrected chi connectivity index (χ3v) is 4.57. The van der Waals surface area contributed by atoms with Gasteiger partial charge in [-0.3, -0.25) is 14.4 Å². The highest BCUT2D eigenvalue weighted by Gasteiger charge is 2.23. The topological polar surface area (TPSA) is 102 Å². The molecule has 2 amide bonds. The van der Waals surface area contributed by atoms with Gasteiger partial charge in [0.15, 0.2) is 0 Å². The molecule has 2 rings (SSSR count). The van der Waals surface area contributed by atoms with Gasteiger partial charge >= 0.3 is 5.97 Å². The second-order valence-corrected chi connectivity index (χ2v) is 8.97. The van der Waals surface area contributed by atoms with E-state index in [-0.39, 0.29) is 24.6 Å². The fraction of sp³-hybridized carbons (Fsp3) is 0.400. The number of carbonyl (C=O) groups excluding carboxylic acids is 3. The van der Waals surface area contributed by atoms with E-state index >= 15 is 0 Å². The maximum atomic E-state index is 13.2. The molecule has 0 radical (unpaired) electrons. The number of hydrogen-bond acceptors (Lipinski definition) is 6. The van der Waals surface area contributed by atoms with E-state index in [1.807, 2.05) is 25.1 Å². The summed E-state index contributed by atoms with van der Waals surface area (Å²) in [5.41, 5.74) is 6.23. The van der Waals surface area contributed by atoms with Crippen LogP contribution in [-0.2, 0) is 16.1 Å². The van der Waals surface area contributed by atoms with Crippen LogP contribution in [0.1, 0.15) is 47.1 Å². The summed E-state index contributed by atoms with van der Waals surface area (Å²) in [5, 5.41) is 0. The molecule has 0 bridgehead atoms. The lowest BCUT2D eigenvalue weighted by atomic mass is 10.1. The van der Waals surface area contributed by atoms with E-state index in [0.29, 0.717) is 24.4 Å². The second kappa shape index (κ2) is 11.5. The number of esters is 1. The Labute approximate surface area is 195 Å². The van der Waals surface area contributed by atoms with Crippen molar-refractivity contribution in [2.45, 2.75) is 33.0 Å². The molecule has 2 aromatic rings. The zero-order valence-electron chi connectivity index (χ0n) is 20.0. The number of nitrogens with zero attached hydrogens (tertiary/aromatic N) is 2. The van der Waals surface area contributed by atoms with Crippen LogP contribution >= 0.6 is 0 Å². The molecule has 0 spiro atoms. The van der Waals surface area contributed by atoms with E-state index in [9.17, 15) is 14.4 Å². The number of amides is 2. The molecular formula is C25H33N3O5. The number of rotatable bonds is 10. The lowest BCUT2D eigenvalue weighted by Gasteiger charge is -2.26. The SMILES string of the molecule is CN(C)CCN(CC(=O)OC(C)(C)C)C(=O)c1cccc(COc2ccccc2C(N)=O)c1. The third-order valence-electron chi connectivity index (χ3n) is 4.57. The lowest BCUT2D eigenvalue weighted by molar-refractivity contribution is -0.155. The molecule has 0 aliphatic rings. The summed E-state index contributed by atoms with van der Waals surface area (Å²) < 4.78 is 11.2. The van der Waals surface area contributed by atoms with Gasteiger partial charge in [0.1, 0.15) is 24.5 Å². The molecule has 0 aliphatic heterocycles. The summed E-state index contributed by atoms with van der Waals surface area (Å²) in [7, 11) is 3.80. The molecule has 0 aromatic heterocycles. The number of para-hydroxylation sites is 1. The Kier molecular flexibility index (Phi) is 8.99. The van der Waals surface area contributed by atoms with Crippen LogP contribution in [0.25, 0.3) is 0 Å². The van der Waals surface area contributed by atoms with Crippen LogP contribution < -0.4 is 10.5 Å². The average molecular weight is 456 g/mol. The maximum Gasteiger partial charge on any atom is 0.326 e. The van der Waals surface area contributed by atoms with Crippen molar-refractivity contribution < 1.29 is 23.9 Å². The minimum Gasteiger partial charge on any atom is -0.488 e. The number of carbonyl (C=O) groups is 3. The van der Waals surface area contributed by atoms with Crippen LogP contribution in [0.15, 0.2) is 48.5 Å². The monoisotopic (exact) mass is 455 g/mol. The number of nitrogens with two attached hydrogens (primary N) is 1. The van der Waals surface area contributed by atoms with Crippen LogP contribution in [0.4, 0.5) is 0 Å². The molecule has 0 unspecified atom stereocenters. The molecule has 0 saturated heterocycles. The summed E-state index contributed by atoms with van der Waals surface area (Å²) in [6.45, 7) is 6.34. The molecular weight excluding hydrogens is 422 g/mol. The molecule has 33 heavy (non-hydrogen) atoms. The Bertz CT molecular complexity index is 982. The number of ether oxygens (including phenoxy) is 2. The van der Waals surface area contributed by atoms with Crippen LogP contribution in [0.3, 0.4) is 0 Å². The highest BCUT2D eigenvalue weighted by molar-refractivity contribution is 5.96. The van der Waals surface area contributed by atoms with Crippen LogP contribution in [-0.4, -0.2) is 66.9 Å². The van der Waals surface area contributed by atoms with Crippen molar-refractivity contribution in [2.24, 2.45) is 5.73 Å². The van der Waals surface area contributed by atoms with Gasteiger partial charge in [-0.2, -0.15) is 0 Å². The minimum absolute atomic E-state index is 0.142. The standard InChI is InChI=1S/C25H33N3O5/c1-25(2,3)33-22(29)16-28(14-13-27(4)5)24(31)19-10-8-9-18(15-19)17-32-21-12-7-6-11-20(21)23(26)30/h6-12,15H,13-14,16-17H2,1-5H3,(H2,26,30). The van der Waals surface area contributed by atoms with Crippen molar-refractivity contribution in [3.05, 3.63) is 65.2 Å². The minimum atomic E-state index is -0.633. The van der Waals surface area contributed by atoms with Gasteiger partial charge in [-0.05, 0) is 64.7 Å². The van der Waals surface area contributed by atoms with E-state index < -0.39 is 17.5 Å². The Morgan fingerprint density at radius 2 is 1.67 bits per heavy atom. The molecule has 0 heterocycles. The first kappa shape index (κ1) is 25.9. The average Bonchev–Trinajstić information content (AvgIpc) is 2.73. The summed E-state index contributed by atoms with van der Waals surface area (Å²) >= 11 is 0. The largest absolute Gasteiger partial charge is 0.488 e. The smallest absolute Gasteiger partial charge is 0.326 e. The van der Waals surface area contributed by atoms with E-state index in [2.05, 4.69) is 0 Å². The lowest BCUT2D eigenvalue weighted by Crippen LogP contribution is -2.42. The fourth-order valence-electron chi connectivity index (χ4n) is 3.04. The molecule has 0 fully saturated rings. The van der Waals surface area contributed by atoms with Gasteiger partial charge in [0.25, 0.3) is 11.8 Å². The van der Waals surface area contributed by atoms with E-state index in [0.717, 1.165) is 5.56 Å².